The van der Waals surface area contributed by atoms with Gasteiger partial charge in [-0.3, -0.25) is 4.79 Å². The number of nitrogen functional groups attached to an aromatic ring is 1. The van der Waals surface area contributed by atoms with Crippen molar-refractivity contribution in [2.75, 3.05) is 5.73 Å². The van der Waals surface area contributed by atoms with Crippen molar-refractivity contribution in [3.05, 3.63) is 76.5 Å². The summed E-state index contributed by atoms with van der Waals surface area (Å²) in [4.78, 5) is 12.6. The third-order valence-corrected chi connectivity index (χ3v) is 3.83. The molecule has 0 radical (unpaired) electrons. The van der Waals surface area contributed by atoms with Crippen LogP contribution in [0.15, 0.2) is 65.3 Å². The number of para-hydroxylation sites is 1. The fourth-order valence-electron chi connectivity index (χ4n) is 2.07. The molecule has 0 atom stereocenters. The Morgan fingerprint density at radius 2 is 1.86 bits per heavy atom. The van der Waals surface area contributed by atoms with Gasteiger partial charge in [-0.15, -0.1) is 0 Å². The van der Waals surface area contributed by atoms with Gasteiger partial charge in [0.1, 0.15) is 5.69 Å². The number of halogens is 1. The minimum absolute atomic E-state index is 0.1000. The van der Waals surface area contributed by atoms with Gasteiger partial charge in [-0.1, -0.05) is 18.2 Å². The van der Waals surface area contributed by atoms with Gasteiger partial charge in [0, 0.05) is 15.7 Å². The van der Waals surface area contributed by atoms with Gasteiger partial charge in [-0.05, 0) is 52.3 Å². The van der Waals surface area contributed by atoms with E-state index in [-0.39, 0.29) is 5.78 Å². The van der Waals surface area contributed by atoms with E-state index in [0.717, 1.165) is 5.69 Å². The SMILES string of the molecule is Nc1ccc(C(=O)c2ccnn2-c2ccccc2)cc1Br. The highest BCUT2D eigenvalue weighted by atomic mass is 79.9. The minimum Gasteiger partial charge on any atom is -0.398 e. The van der Waals surface area contributed by atoms with Gasteiger partial charge in [0.15, 0.2) is 0 Å². The van der Waals surface area contributed by atoms with Gasteiger partial charge in [0.2, 0.25) is 5.78 Å². The fraction of sp³-hybridized carbons (Fsp3) is 0. The van der Waals surface area contributed by atoms with E-state index in [1.54, 1.807) is 35.1 Å². The number of nitrogens with zero attached hydrogens (tertiary/aromatic N) is 2. The number of ketones is 1. The molecule has 0 saturated carbocycles. The molecule has 0 aliphatic carbocycles. The van der Waals surface area contributed by atoms with E-state index in [2.05, 4.69) is 21.0 Å². The van der Waals surface area contributed by atoms with E-state index in [0.29, 0.717) is 21.4 Å². The summed E-state index contributed by atoms with van der Waals surface area (Å²) < 4.78 is 2.34. The predicted molar refractivity (Wildman–Crippen MR) is 85.6 cm³/mol. The quantitative estimate of drug-likeness (QED) is 0.586. The van der Waals surface area contributed by atoms with Crippen molar-refractivity contribution in [3.8, 4) is 5.69 Å². The van der Waals surface area contributed by atoms with Crippen LogP contribution in [0.2, 0.25) is 0 Å². The summed E-state index contributed by atoms with van der Waals surface area (Å²) in [6.07, 6.45) is 1.62. The van der Waals surface area contributed by atoms with E-state index >= 15 is 0 Å². The van der Waals surface area contributed by atoms with Gasteiger partial charge < -0.3 is 5.73 Å². The number of benzene rings is 2. The second-order valence-electron chi connectivity index (χ2n) is 4.53. The average Bonchev–Trinajstić information content (AvgIpc) is 2.99. The molecule has 4 nitrogen and oxygen atoms in total. The second-order valence-corrected chi connectivity index (χ2v) is 5.38. The summed E-state index contributed by atoms with van der Waals surface area (Å²) in [5, 5.41) is 4.23. The van der Waals surface area contributed by atoms with Gasteiger partial charge in [-0.2, -0.15) is 5.10 Å². The first-order chi connectivity index (χ1) is 10.2. The first-order valence-corrected chi connectivity index (χ1v) is 7.15. The Balaban J connectivity index is 2.03. The van der Waals surface area contributed by atoms with Crippen molar-refractivity contribution in [1.82, 2.24) is 9.78 Å². The molecule has 104 valence electrons. The molecule has 0 fully saturated rings. The maximum absolute atomic E-state index is 12.6. The first-order valence-electron chi connectivity index (χ1n) is 6.36. The maximum atomic E-state index is 12.6. The molecular formula is C16H12BrN3O. The number of carbonyl (C=O) groups is 1. The van der Waals surface area contributed by atoms with Gasteiger partial charge in [0.05, 0.1) is 11.9 Å². The van der Waals surface area contributed by atoms with Gasteiger partial charge in [0.25, 0.3) is 0 Å². The summed E-state index contributed by atoms with van der Waals surface area (Å²) >= 11 is 3.34. The monoisotopic (exact) mass is 341 g/mol. The molecule has 1 heterocycles. The molecule has 21 heavy (non-hydrogen) atoms. The number of carbonyl (C=O) groups excluding carboxylic acids is 1. The van der Waals surface area contributed by atoms with Crippen molar-refractivity contribution < 1.29 is 4.79 Å². The van der Waals surface area contributed by atoms with Gasteiger partial charge in [-0.25, -0.2) is 4.68 Å². The second kappa shape index (κ2) is 5.54. The number of aromatic nitrogens is 2. The van der Waals surface area contributed by atoms with Crippen molar-refractivity contribution in [2.45, 2.75) is 0 Å². The van der Waals surface area contributed by atoms with Crippen LogP contribution in [0, 0.1) is 0 Å². The summed E-state index contributed by atoms with van der Waals surface area (Å²) in [6.45, 7) is 0. The van der Waals surface area contributed by atoms with Crippen molar-refractivity contribution in [3.63, 3.8) is 0 Å². The number of rotatable bonds is 3. The highest BCUT2D eigenvalue weighted by molar-refractivity contribution is 9.10. The molecule has 1 aromatic heterocycles. The molecule has 3 aromatic rings. The Kier molecular flexibility index (Phi) is 3.58. The van der Waals surface area contributed by atoms with Crippen LogP contribution >= 0.6 is 15.9 Å². The Morgan fingerprint density at radius 3 is 2.57 bits per heavy atom. The normalized spacial score (nSPS) is 10.5. The molecule has 3 rings (SSSR count). The number of hydrogen-bond donors (Lipinski definition) is 1. The van der Waals surface area contributed by atoms with Crippen molar-refractivity contribution >= 4 is 27.4 Å². The molecule has 2 aromatic carbocycles. The zero-order chi connectivity index (χ0) is 14.8. The third-order valence-electron chi connectivity index (χ3n) is 3.14. The Labute approximate surface area is 130 Å². The topological polar surface area (TPSA) is 60.9 Å². The molecule has 0 amide bonds. The van der Waals surface area contributed by atoms with Crippen molar-refractivity contribution in [2.24, 2.45) is 0 Å². The summed E-state index contributed by atoms with van der Waals surface area (Å²) in [7, 11) is 0. The molecule has 5 heteroatoms. The van der Waals surface area contributed by atoms with Crippen LogP contribution < -0.4 is 5.73 Å². The Hall–Kier alpha value is -2.40. The smallest absolute Gasteiger partial charge is 0.211 e. The lowest BCUT2D eigenvalue weighted by Gasteiger charge is -2.07. The summed E-state index contributed by atoms with van der Waals surface area (Å²) in [5.74, 6) is -0.1000. The standard InChI is InChI=1S/C16H12BrN3O/c17-13-10-11(6-7-14(13)18)16(21)15-8-9-19-20(15)12-4-2-1-3-5-12/h1-10H,18H2. The molecule has 0 aliphatic rings. The number of hydrogen-bond acceptors (Lipinski definition) is 3. The van der Waals surface area contributed by atoms with Crippen LogP contribution in [0.25, 0.3) is 5.69 Å². The fourth-order valence-corrected chi connectivity index (χ4v) is 2.45. The van der Waals surface area contributed by atoms with Crippen LogP contribution in [-0.2, 0) is 0 Å². The lowest BCUT2D eigenvalue weighted by atomic mass is 10.1. The number of anilines is 1. The van der Waals surface area contributed by atoms with E-state index in [9.17, 15) is 4.79 Å². The zero-order valence-electron chi connectivity index (χ0n) is 11.0. The largest absolute Gasteiger partial charge is 0.398 e. The first kappa shape index (κ1) is 13.6. The van der Waals surface area contributed by atoms with Crippen LogP contribution in [-0.4, -0.2) is 15.6 Å². The van der Waals surface area contributed by atoms with Crippen LogP contribution in [0.1, 0.15) is 16.1 Å². The molecule has 0 saturated heterocycles. The lowest BCUT2D eigenvalue weighted by Crippen LogP contribution is -2.10. The average molecular weight is 342 g/mol. The molecule has 2 N–H and O–H groups in total. The lowest BCUT2D eigenvalue weighted by molar-refractivity contribution is 0.103. The van der Waals surface area contributed by atoms with E-state index < -0.39 is 0 Å². The van der Waals surface area contributed by atoms with Crippen LogP contribution in [0.5, 0.6) is 0 Å². The Morgan fingerprint density at radius 1 is 1.10 bits per heavy atom. The third kappa shape index (κ3) is 2.60. The molecular weight excluding hydrogens is 330 g/mol. The van der Waals surface area contributed by atoms with Gasteiger partial charge >= 0.3 is 0 Å². The van der Waals surface area contributed by atoms with Crippen LogP contribution in [0.4, 0.5) is 5.69 Å². The predicted octanol–water partition coefficient (Wildman–Crippen LogP) is 3.45. The minimum atomic E-state index is -0.1000. The number of nitrogens with two attached hydrogens (primary N) is 1. The highest BCUT2D eigenvalue weighted by Crippen LogP contribution is 2.22. The van der Waals surface area contributed by atoms with E-state index in [4.69, 9.17) is 5.73 Å². The highest BCUT2D eigenvalue weighted by Gasteiger charge is 2.16. The zero-order valence-corrected chi connectivity index (χ0v) is 12.6. The summed E-state index contributed by atoms with van der Waals surface area (Å²) in [6, 6.07) is 16.4. The molecule has 0 unspecified atom stereocenters. The van der Waals surface area contributed by atoms with Crippen LogP contribution in [0.3, 0.4) is 0 Å². The molecule has 0 bridgehead atoms. The maximum Gasteiger partial charge on any atom is 0.211 e. The summed E-state index contributed by atoms with van der Waals surface area (Å²) in [5.41, 5.74) is 8.28. The molecule has 0 aliphatic heterocycles. The Bertz CT molecular complexity index is 796. The molecule has 0 spiro atoms. The van der Waals surface area contributed by atoms with Crippen molar-refractivity contribution in [1.29, 1.82) is 0 Å². The van der Waals surface area contributed by atoms with E-state index in [1.807, 2.05) is 30.3 Å². The van der Waals surface area contributed by atoms with E-state index in [1.165, 1.54) is 0 Å².